The molecular weight excluding hydrogens is 308 g/mol. The van der Waals surface area contributed by atoms with Gasteiger partial charge >= 0.3 is 0 Å². The van der Waals surface area contributed by atoms with E-state index in [2.05, 4.69) is 26.5 Å². The molecule has 0 aliphatic carbocycles. The van der Waals surface area contributed by atoms with Crippen molar-refractivity contribution in [3.8, 4) is 0 Å². The Bertz CT molecular complexity index is 609. The summed E-state index contributed by atoms with van der Waals surface area (Å²) in [5.41, 5.74) is 4.62. The minimum Gasteiger partial charge on any atom is -0.545 e. The molecule has 0 heterocycles. The van der Waals surface area contributed by atoms with Gasteiger partial charge in [-0.1, -0.05) is 40.2 Å². The SMILES string of the molecule is O=C([O-])c1ccc(NN=Cc2cccc(Br)c2)cc1. The summed E-state index contributed by atoms with van der Waals surface area (Å²) in [5, 5.41) is 14.6. The fourth-order valence-electron chi connectivity index (χ4n) is 1.45. The van der Waals surface area contributed by atoms with Crippen LogP contribution in [0, 0.1) is 0 Å². The molecule has 0 saturated heterocycles. The number of carboxylic acid groups (broad SMARTS) is 1. The fraction of sp³-hybridized carbons (Fsp3) is 0. The van der Waals surface area contributed by atoms with E-state index >= 15 is 0 Å². The average Bonchev–Trinajstić information content (AvgIpc) is 2.39. The van der Waals surface area contributed by atoms with E-state index in [9.17, 15) is 9.90 Å². The van der Waals surface area contributed by atoms with Crippen LogP contribution >= 0.6 is 15.9 Å². The molecule has 96 valence electrons. The van der Waals surface area contributed by atoms with E-state index in [0.29, 0.717) is 5.69 Å². The molecule has 0 unspecified atom stereocenters. The molecule has 0 saturated carbocycles. The highest BCUT2D eigenvalue weighted by Gasteiger charge is 1.94. The van der Waals surface area contributed by atoms with Crippen LogP contribution in [0.25, 0.3) is 0 Å². The van der Waals surface area contributed by atoms with Gasteiger partial charge in [-0.3, -0.25) is 5.43 Å². The number of hydrogen-bond donors (Lipinski definition) is 1. The van der Waals surface area contributed by atoms with Gasteiger partial charge in [-0.15, -0.1) is 0 Å². The number of carboxylic acids is 1. The molecule has 0 fully saturated rings. The molecule has 0 aliphatic heterocycles. The normalized spacial score (nSPS) is 10.6. The Labute approximate surface area is 118 Å². The van der Waals surface area contributed by atoms with E-state index in [4.69, 9.17) is 0 Å². The number of hydrogen-bond acceptors (Lipinski definition) is 4. The van der Waals surface area contributed by atoms with Gasteiger partial charge in [-0.05, 0) is 35.4 Å². The van der Waals surface area contributed by atoms with Gasteiger partial charge in [0.2, 0.25) is 0 Å². The Kier molecular flexibility index (Phi) is 4.30. The molecule has 0 aliphatic rings. The number of carbonyl (C=O) groups excluding carboxylic acids is 1. The molecule has 0 radical (unpaired) electrons. The highest BCUT2D eigenvalue weighted by atomic mass is 79.9. The molecule has 19 heavy (non-hydrogen) atoms. The van der Waals surface area contributed by atoms with E-state index in [1.54, 1.807) is 18.3 Å². The zero-order valence-electron chi connectivity index (χ0n) is 9.84. The summed E-state index contributed by atoms with van der Waals surface area (Å²) < 4.78 is 0.981. The van der Waals surface area contributed by atoms with E-state index < -0.39 is 5.97 Å². The monoisotopic (exact) mass is 317 g/mol. The molecule has 2 aromatic carbocycles. The molecule has 0 spiro atoms. The van der Waals surface area contributed by atoms with Crippen molar-refractivity contribution < 1.29 is 9.90 Å². The first-order valence-corrected chi connectivity index (χ1v) is 6.30. The van der Waals surface area contributed by atoms with Crippen LogP contribution in [0.2, 0.25) is 0 Å². The summed E-state index contributed by atoms with van der Waals surface area (Å²) >= 11 is 3.38. The summed E-state index contributed by atoms with van der Waals surface area (Å²) in [7, 11) is 0. The number of anilines is 1. The van der Waals surface area contributed by atoms with E-state index in [-0.39, 0.29) is 5.56 Å². The Morgan fingerprint density at radius 1 is 1.21 bits per heavy atom. The van der Waals surface area contributed by atoms with Gasteiger partial charge in [0.15, 0.2) is 0 Å². The van der Waals surface area contributed by atoms with Crippen molar-refractivity contribution in [2.45, 2.75) is 0 Å². The number of halogens is 1. The summed E-state index contributed by atoms with van der Waals surface area (Å²) in [4.78, 5) is 10.6. The third-order valence-electron chi connectivity index (χ3n) is 2.38. The van der Waals surface area contributed by atoms with Crippen LogP contribution in [0.4, 0.5) is 5.69 Å². The second-order valence-electron chi connectivity index (χ2n) is 3.79. The summed E-state index contributed by atoms with van der Waals surface area (Å²) in [6, 6.07) is 13.9. The minimum atomic E-state index is -1.19. The highest BCUT2D eigenvalue weighted by Crippen LogP contribution is 2.11. The van der Waals surface area contributed by atoms with Crippen LogP contribution in [0.3, 0.4) is 0 Å². The maximum Gasteiger partial charge on any atom is 0.0715 e. The average molecular weight is 318 g/mol. The zero-order chi connectivity index (χ0) is 13.7. The fourth-order valence-corrected chi connectivity index (χ4v) is 1.87. The lowest BCUT2D eigenvalue weighted by atomic mass is 10.2. The molecular formula is C14H10BrN2O2-. The number of rotatable bonds is 4. The summed E-state index contributed by atoms with van der Waals surface area (Å²) in [5.74, 6) is -1.19. The van der Waals surface area contributed by atoms with Crippen LogP contribution in [0.15, 0.2) is 58.1 Å². The van der Waals surface area contributed by atoms with Crippen molar-refractivity contribution >= 4 is 33.8 Å². The van der Waals surface area contributed by atoms with Crippen LogP contribution in [0.5, 0.6) is 0 Å². The Morgan fingerprint density at radius 2 is 1.95 bits per heavy atom. The molecule has 4 nitrogen and oxygen atoms in total. The second-order valence-corrected chi connectivity index (χ2v) is 4.71. The van der Waals surface area contributed by atoms with Gasteiger partial charge in [0.1, 0.15) is 0 Å². The number of carbonyl (C=O) groups is 1. The minimum absolute atomic E-state index is 0.140. The number of benzene rings is 2. The van der Waals surface area contributed by atoms with E-state index in [1.807, 2.05) is 24.3 Å². The van der Waals surface area contributed by atoms with Gasteiger partial charge in [-0.2, -0.15) is 5.10 Å². The van der Waals surface area contributed by atoms with Crippen LogP contribution in [-0.4, -0.2) is 12.2 Å². The van der Waals surface area contributed by atoms with Gasteiger partial charge in [0, 0.05) is 4.47 Å². The summed E-state index contributed by atoms with van der Waals surface area (Å²) in [6.07, 6.45) is 1.68. The lowest BCUT2D eigenvalue weighted by Crippen LogP contribution is -2.21. The largest absolute Gasteiger partial charge is 0.545 e. The Hall–Kier alpha value is -2.14. The topological polar surface area (TPSA) is 64.5 Å². The molecule has 5 heteroatoms. The maximum atomic E-state index is 10.6. The number of hydrazone groups is 1. The first kappa shape index (κ1) is 13.3. The lowest BCUT2D eigenvalue weighted by Gasteiger charge is -2.04. The molecule has 0 amide bonds. The van der Waals surface area contributed by atoms with Crippen molar-refractivity contribution in [1.29, 1.82) is 0 Å². The van der Waals surface area contributed by atoms with Crippen LogP contribution in [-0.2, 0) is 0 Å². The van der Waals surface area contributed by atoms with Crippen molar-refractivity contribution in [3.63, 3.8) is 0 Å². The van der Waals surface area contributed by atoms with Gasteiger partial charge in [0.25, 0.3) is 0 Å². The van der Waals surface area contributed by atoms with Crippen LogP contribution < -0.4 is 10.5 Å². The maximum absolute atomic E-state index is 10.6. The Balaban J connectivity index is 2.00. The van der Waals surface area contributed by atoms with Gasteiger partial charge in [-0.25, -0.2) is 0 Å². The number of aromatic carboxylic acids is 1. The van der Waals surface area contributed by atoms with E-state index in [1.165, 1.54) is 12.1 Å². The smallest absolute Gasteiger partial charge is 0.0715 e. The zero-order valence-corrected chi connectivity index (χ0v) is 11.4. The summed E-state index contributed by atoms with van der Waals surface area (Å²) in [6.45, 7) is 0. The molecule has 0 bridgehead atoms. The quantitative estimate of drug-likeness (QED) is 0.695. The molecule has 2 rings (SSSR count). The van der Waals surface area contributed by atoms with Crippen molar-refractivity contribution in [1.82, 2.24) is 0 Å². The predicted molar refractivity (Wildman–Crippen MR) is 76.1 cm³/mol. The first-order valence-electron chi connectivity index (χ1n) is 5.51. The molecule has 2 aromatic rings. The molecule has 0 aromatic heterocycles. The second kappa shape index (κ2) is 6.15. The number of nitrogens with zero attached hydrogens (tertiary/aromatic N) is 1. The third-order valence-corrected chi connectivity index (χ3v) is 2.87. The highest BCUT2D eigenvalue weighted by molar-refractivity contribution is 9.10. The first-order chi connectivity index (χ1) is 9.15. The van der Waals surface area contributed by atoms with Crippen molar-refractivity contribution in [2.75, 3.05) is 5.43 Å². The van der Waals surface area contributed by atoms with Gasteiger partial charge in [0.05, 0.1) is 17.9 Å². The lowest BCUT2D eigenvalue weighted by molar-refractivity contribution is -0.255. The van der Waals surface area contributed by atoms with Crippen molar-refractivity contribution in [3.05, 3.63) is 64.1 Å². The molecule has 1 N–H and O–H groups in total. The Morgan fingerprint density at radius 3 is 2.58 bits per heavy atom. The third kappa shape index (κ3) is 3.93. The predicted octanol–water partition coefficient (Wildman–Crippen LogP) is 2.26. The molecule has 0 atom stereocenters. The van der Waals surface area contributed by atoms with E-state index in [0.717, 1.165) is 10.0 Å². The number of nitrogens with one attached hydrogen (secondary N) is 1. The standard InChI is InChI=1S/C14H11BrN2O2/c15-12-3-1-2-10(8-12)9-16-17-13-6-4-11(5-7-13)14(18)19/h1-9,17H,(H,18,19)/p-1. The van der Waals surface area contributed by atoms with Crippen LogP contribution in [0.1, 0.15) is 15.9 Å². The van der Waals surface area contributed by atoms with Gasteiger partial charge < -0.3 is 9.90 Å². The van der Waals surface area contributed by atoms with Crippen molar-refractivity contribution in [2.24, 2.45) is 5.10 Å².